The van der Waals surface area contributed by atoms with Gasteiger partial charge in [-0.3, -0.25) is 0 Å². The van der Waals surface area contributed by atoms with Gasteiger partial charge in [-0.2, -0.15) is 0 Å². The van der Waals surface area contributed by atoms with E-state index in [0.717, 1.165) is 0 Å². The Kier molecular flexibility index (Phi) is 19.4. The normalized spacial score (nSPS) is 11.3. The van der Waals surface area contributed by atoms with Gasteiger partial charge in [-0.15, -0.1) is 0 Å². The van der Waals surface area contributed by atoms with Crippen molar-refractivity contribution in [1.29, 1.82) is 0 Å². The zero-order valence-corrected chi connectivity index (χ0v) is 20.8. The van der Waals surface area contributed by atoms with Crippen LogP contribution in [0, 0.1) is 0 Å². The Balaban J connectivity index is 1.83. The monoisotopic (exact) mass is 416 g/mol. The first kappa shape index (κ1) is 27.2. The van der Waals surface area contributed by atoms with Gasteiger partial charge in [0.25, 0.3) is 0 Å². The minimum Gasteiger partial charge on any atom is -0.205 e. The molecule has 0 saturated carbocycles. The summed E-state index contributed by atoms with van der Waals surface area (Å²) >= 11 is 0. The zero-order valence-electron chi connectivity index (χ0n) is 20.8. The van der Waals surface area contributed by atoms with Crippen LogP contribution >= 0.6 is 0 Å². The number of rotatable bonds is 22. The summed E-state index contributed by atoms with van der Waals surface area (Å²) in [6.07, 6.45) is 34.4. The van der Waals surface area contributed by atoms with E-state index in [1.807, 2.05) is 0 Å². The van der Waals surface area contributed by atoms with Crippen LogP contribution < -0.4 is 4.57 Å². The number of hydrogen-bond donors (Lipinski definition) is 0. The summed E-state index contributed by atoms with van der Waals surface area (Å²) in [6, 6.07) is 4.52. The lowest BCUT2D eigenvalue weighted by atomic mass is 10.0. The van der Waals surface area contributed by atoms with Gasteiger partial charge in [0.15, 0.2) is 12.4 Å². The first-order valence-corrected chi connectivity index (χ1v) is 13.8. The van der Waals surface area contributed by atoms with Gasteiger partial charge in [0, 0.05) is 18.1 Å². The molecular weight excluding hydrogens is 362 g/mol. The lowest BCUT2D eigenvalue weighted by molar-refractivity contribution is -0.697. The molecule has 1 heterocycles. The molecule has 174 valence electrons. The van der Waals surface area contributed by atoms with Crippen LogP contribution in [-0.4, -0.2) is 0 Å². The Morgan fingerprint density at radius 3 is 1.47 bits per heavy atom. The Hall–Kier alpha value is -0.850. The Morgan fingerprint density at radius 2 is 0.967 bits per heavy atom. The van der Waals surface area contributed by atoms with Gasteiger partial charge in [0.2, 0.25) is 0 Å². The molecule has 0 saturated heterocycles. The van der Waals surface area contributed by atoms with Gasteiger partial charge >= 0.3 is 0 Å². The van der Waals surface area contributed by atoms with Gasteiger partial charge in [-0.05, 0) is 25.3 Å². The molecule has 0 N–H and O–H groups in total. The van der Waals surface area contributed by atoms with E-state index in [4.69, 9.17) is 0 Å². The third kappa shape index (κ3) is 16.9. The number of hydrogen-bond acceptors (Lipinski definition) is 0. The van der Waals surface area contributed by atoms with Crippen molar-refractivity contribution >= 4 is 0 Å². The van der Waals surface area contributed by atoms with Crippen molar-refractivity contribution in [2.24, 2.45) is 0 Å². The average molecular weight is 417 g/mol. The first-order chi connectivity index (χ1) is 14.9. The smallest absolute Gasteiger partial charge is 0.171 e. The van der Waals surface area contributed by atoms with Gasteiger partial charge in [-0.25, -0.2) is 4.57 Å². The molecule has 0 amide bonds. The summed E-state index contributed by atoms with van der Waals surface area (Å²) in [6.45, 7) is 5.78. The first-order valence-electron chi connectivity index (χ1n) is 13.8. The highest BCUT2D eigenvalue weighted by atomic mass is 14.9. The summed E-state index contributed by atoms with van der Waals surface area (Å²) < 4.78 is 2.41. The van der Waals surface area contributed by atoms with E-state index in [1.165, 1.54) is 147 Å². The molecule has 0 radical (unpaired) electrons. The van der Waals surface area contributed by atoms with Gasteiger partial charge in [0.05, 0.1) is 0 Å². The lowest BCUT2D eigenvalue weighted by Gasteiger charge is -2.04. The molecule has 0 bridgehead atoms. The molecule has 0 fully saturated rings. The molecular formula is C29H54N+. The van der Waals surface area contributed by atoms with E-state index in [1.54, 1.807) is 0 Å². The Morgan fingerprint density at radius 1 is 0.533 bits per heavy atom. The minimum atomic E-state index is 1.19. The topological polar surface area (TPSA) is 3.88 Å². The second-order valence-corrected chi connectivity index (χ2v) is 9.56. The van der Waals surface area contributed by atoms with E-state index in [2.05, 4.69) is 42.9 Å². The van der Waals surface area contributed by atoms with Crippen LogP contribution in [0.3, 0.4) is 0 Å². The SMILES string of the molecule is CCCCCCCCCCCCCCCCCCC[n+]1cccc(CCCCC)c1. The lowest BCUT2D eigenvalue weighted by Crippen LogP contribution is -2.33. The molecule has 0 unspecified atom stereocenters. The standard InChI is InChI=1S/C29H54N/c1-3-5-7-8-9-10-11-12-13-14-15-16-17-18-19-20-22-26-30-27-23-25-29(28-30)24-21-6-4-2/h23,25,27-28H,3-22,24,26H2,1-2H3/q+1. The molecule has 30 heavy (non-hydrogen) atoms. The van der Waals surface area contributed by atoms with Crippen LogP contribution in [-0.2, 0) is 13.0 Å². The van der Waals surface area contributed by atoms with Crippen molar-refractivity contribution in [3.05, 3.63) is 30.1 Å². The Bertz CT molecular complexity index is 467. The van der Waals surface area contributed by atoms with Crippen molar-refractivity contribution < 1.29 is 4.57 Å². The zero-order chi connectivity index (χ0) is 21.5. The fourth-order valence-corrected chi connectivity index (χ4v) is 4.46. The van der Waals surface area contributed by atoms with E-state index in [9.17, 15) is 0 Å². The highest BCUT2D eigenvalue weighted by molar-refractivity contribution is 5.05. The fraction of sp³-hybridized carbons (Fsp3) is 0.828. The van der Waals surface area contributed by atoms with Gasteiger partial charge < -0.3 is 0 Å². The number of unbranched alkanes of at least 4 members (excludes halogenated alkanes) is 18. The second kappa shape index (κ2) is 21.4. The molecule has 1 nitrogen and oxygen atoms in total. The molecule has 0 spiro atoms. The molecule has 0 aromatic carbocycles. The summed E-state index contributed by atoms with van der Waals surface area (Å²) in [7, 11) is 0. The predicted molar refractivity (Wildman–Crippen MR) is 134 cm³/mol. The minimum absolute atomic E-state index is 1.19. The quantitative estimate of drug-likeness (QED) is 0.131. The number of pyridine rings is 1. The largest absolute Gasteiger partial charge is 0.205 e. The van der Waals surface area contributed by atoms with Crippen LogP contribution in [0.4, 0.5) is 0 Å². The van der Waals surface area contributed by atoms with Crippen LogP contribution in [0.25, 0.3) is 0 Å². The third-order valence-corrected chi connectivity index (χ3v) is 6.51. The van der Waals surface area contributed by atoms with Crippen molar-refractivity contribution in [2.45, 2.75) is 155 Å². The molecule has 1 rings (SSSR count). The predicted octanol–water partition coefficient (Wildman–Crippen LogP) is 9.36. The molecule has 0 aliphatic rings. The van der Waals surface area contributed by atoms with E-state index in [-0.39, 0.29) is 0 Å². The van der Waals surface area contributed by atoms with Gasteiger partial charge in [-0.1, -0.05) is 123 Å². The van der Waals surface area contributed by atoms with Crippen molar-refractivity contribution in [3.63, 3.8) is 0 Å². The number of nitrogens with zero attached hydrogens (tertiary/aromatic N) is 1. The Labute approximate surface area is 190 Å². The molecule has 0 aliphatic carbocycles. The molecule has 1 aromatic rings. The third-order valence-electron chi connectivity index (χ3n) is 6.51. The van der Waals surface area contributed by atoms with Crippen molar-refractivity contribution in [2.75, 3.05) is 0 Å². The van der Waals surface area contributed by atoms with Crippen LogP contribution in [0.1, 0.15) is 148 Å². The maximum Gasteiger partial charge on any atom is 0.171 e. The summed E-state index contributed by atoms with van der Waals surface area (Å²) in [4.78, 5) is 0. The van der Waals surface area contributed by atoms with Crippen molar-refractivity contribution in [3.8, 4) is 0 Å². The van der Waals surface area contributed by atoms with Crippen LogP contribution in [0.5, 0.6) is 0 Å². The number of aromatic nitrogens is 1. The highest BCUT2D eigenvalue weighted by Gasteiger charge is 2.03. The second-order valence-electron chi connectivity index (χ2n) is 9.56. The average Bonchev–Trinajstić information content (AvgIpc) is 2.76. The molecule has 1 aromatic heterocycles. The summed E-state index contributed by atoms with van der Waals surface area (Å²) in [5.74, 6) is 0. The number of aryl methyl sites for hydroxylation is 2. The van der Waals surface area contributed by atoms with Crippen LogP contribution in [0.15, 0.2) is 24.5 Å². The molecule has 0 atom stereocenters. The molecule has 1 heteroatoms. The summed E-state index contributed by atoms with van der Waals surface area (Å²) in [5.41, 5.74) is 1.51. The highest BCUT2D eigenvalue weighted by Crippen LogP contribution is 2.14. The van der Waals surface area contributed by atoms with E-state index >= 15 is 0 Å². The van der Waals surface area contributed by atoms with E-state index in [0.29, 0.717) is 0 Å². The summed E-state index contributed by atoms with van der Waals surface area (Å²) in [5, 5.41) is 0. The van der Waals surface area contributed by atoms with Gasteiger partial charge in [0.1, 0.15) is 6.54 Å². The molecule has 0 aliphatic heterocycles. The maximum absolute atomic E-state index is 2.41. The van der Waals surface area contributed by atoms with Crippen molar-refractivity contribution in [1.82, 2.24) is 0 Å². The maximum atomic E-state index is 2.41. The van der Waals surface area contributed by atoms with Crippen LogP contribution in [0.2, 0.25) is 0 Å². The fourth-order valence-electron chi connectivity index (χ4n) is 4.46. The van der Waals surface area contributed by atoms with E-state index < -0.39 is 0 Å².